The quantitative estimate of drug-likeness (QED) is 0.682. The van der Waals surface area contributed by atoms with Crippen molar-refractivity contribution in [2.24, 2.45) is 5.73 Å². The molecule has 1 atom stereocenters. The predicted molar refractivity (Wildman–Crippen MR) is 47.9 cm³/mol. The molecule has 0 saturated carbocycles. The molecule has 0 radical (unpaired) electrons. The van der Waals surface area contributed by atoms with Crippen molar-refractivity contribution in [2.45, 2.75) is 6.04 Å². The van der Waals surface area contributed by atoms with Gasteiger partial charge in [-0.15, -0.1) is 0 Å². The zero-order valence-corrected chi connectivity index (χ0v) is 7.48. The largest absolute Gasteiger partial charge is 0.480 e. The van der Waals surface area contributed by atoms with Gasteiger partial charge >= 0.3 is 11.9 Å². The van der Waals surface area contributed by atoms with Crippen molar-refractivity contribution >= 4 is 11.9 Å². The highest BCUT2D eigenvalue weighted by molar-refractivity contribution is 5.91. The molecule has 0 heterocycles. The third-order valence-electron chi connectivity index (χ3n) is 1.85. The first-order valence-corrected chi connectivity index (χ1v) is 3.94. The summed E-state index contributed by atoms with van der Waals surface area (Å²) in [5.74, 6) is -3.49. The molecule has 0 fully saturated rings. The minimum Gasteiger partial charge on any atom is -0.480 e. The van der Waals surface area contributed by atoms with Crippen molar-refractivity contribution < 1.29 is 24.2 Å². The first kappa shape index (κ1) is 11.1. The van der Waals surface area contributed by atoms with Crippen LogP contribution in [0.5, 0.6) is 0 Å². The van der Waals surface area contributed by atoms with E-state index in [1.54, 1.807) is 0 Å². The second kappa shape index (κ2) is 4.05. The second-order valence-electron chi connectivity index (χ2n) is 2.85. The summed E-state index contributed by atoms with van der Waals surface area (Å²) in [5, 5.41) is 17.3. The van der Waals surface area contributed by atoms with Crippen LogP contribution in [0.1, 0.15) is 22.0 Å². The Bertz CT molecular complexity index is 419. The van der Waals surface area contributed by atoms with Crippen LogP contribution in [0.2, 0.25) is 0 Å². The molecule has 6 heteroatoms. The molecule has 0 saturated heterocycles. The van der Waals surface area contributed by atoms with E-state index >= 15 is 0 Å². The first-order chi connectivity index (χ1) is 6.93. The summed E-state index contributed by atoms with van der Waals surface area (Å²) in [5.41, 5.74) is 4.65. The Labute approximate surface area is 83.9 Å². The fourth-order valence-corrected chi connectivity index (χ4v) is 1.12. The van der Waals surface area contributed by atoms with Crippen molar-refractivity contribution in [2.75, 3.05) is 0 Å². The minimum absolute atomic E-state index is 0.255. The first-order valence-electron chi connectivity index (χ1n) is 3.94. The van der Waals surface area contributed by atoms with Crippen LogP contribution in [0.4, 0.5) is 4.39 Å². The van der Waals surface area contributed by atoms with Gasteiger partial charge in [0.1, 0.15) is 11.9 Å². The highest BCUT2D eigenvalue weighted by Crippen LogP contribution is 2.18. The number of hydrogen-bond donors (Lipinski definition) is 3. The molecule has 4 N–H and O–H groups in total. The van der Waals surface area contributed by atoms with Crippen LogP contribution in [0, 0.1) is 5.82 Å². The average Bonchev–Trinajstić information content (AvgIpc) is 2.15. The third kappa shape index (κ3) is 2.29. The van der Waals surface area contributed by atoms with Gasteiger partial charge in [0.05, 0.1) is 5.56 Å². The normalized spacial score (nSPS) is 12.1. The number of benzene rings is 1. The summed E-state index contributed by atoms with van der Waals surface area (Å²) in [6, 6.07) is 1.17. The van der Waals surface area contributed by atoms with Crippen molar-refractivity contribution in [3.05, 3.63) is 35.1 Å². The van der Waals surface area contributed by atoms with Gasteiger partial charge in [-0.3, -0.25) is 4.79 Å². The molecule has 0 aliphatic heterocycles. The molecule has 0 unspecified atom stereocenters. The highest BCUT2D eigenvalue weighted by Gasteiger charge is 2.21. The zero-order chi connectivity index (χ0) is 11.6. The maximum Gasteiger partial charge on any atom is 0.336 e. The zero-order valence-electron chi connectivity index (χ0n) is 7.48. The SMILES string of the molecule is N[C@H](C(=O)O)c1cc(F)ccc1C(=O)O. The Kier molecular flexibility index (Phi) is 3.01. The molecule has 1 rings (SSSR count). The van der Waals surface area contributed by atoms with Crippen LogP contribution in [0.25, 0.3) is 0 Å². The molecular formula is C9H8FNO4. The van der Waals surface area contributed by atoms with E-state index in [1.807, 2.05) is 0 Å². The van der Waals surface area contributed by atoms with E-state index in [1.165, 1.54) is 0 Å². The summed E-state index contributed by atoms with van der Waals surface area (Å²) >= 11 is 0. The lowest BCUT2D eigenvalue weighted by Gasteiger charge is -2.09. The lowest BCUT2D eigenvalue weighted by atomic mass is 10.0. The second-order valence-corrected chi connectivity index (χ2v) is 2.85. The van der Waals surface area contributed by atoms with Gasteiger partial charge in [-0.25, -0.2) is 9.18 Å². The average molecular weight is 213 g/mol. The number of carbonyl (C=O) groups is 2. The number of aromatic carboxylic acids is 1. The smallest absolute Gasteiger partial charge is 0.336 e. The van der Waals surface area contributed by atoms with Crippen LogP contribution in [-0.4, -0.2) is 22.2 Å². The Balaban J connectivity index is 3.30. The highest BCUT2D eigenvalue weighted by atomic mass is 19.1. The van der Waals surface area contributed by atoms with Crippen molar-refractivity contribution in [1.29, 1.82) is 0 Å². The number of rotatable bonds is 3. The van der Waals surface area contributed by atoms with Crippen LogP contribution >= 0.6 is 0 Å². The van der Waals surface area contributed by atoms with E-state index in [-0.39, 0.29) is 11.1 Å². The molecule has 1 aromatic rings. The number of carboxylic acids is 2. The Hall–Kier alpha value is -1.95. The standard InChI is InChI=1S/C9H8FNO4/c10-4-1-2-5(8(12)13)6(3-4)7(11)9(14)15/h1-3,7H,11H2,(H,12,13)(H,14,15)/t7-/m0/s1. The Morgan fingerprint density at radius 1 is 1.33 bits per heavy atom. The molecule has 80 valence electrons. The minimum atomic E-state index is -1.55. The number of carboxylic acid groups (broad SMARTS) is 2. The molecule has 0 amide bonds. The fourth-order valence-electron chi connectivity index (χ4n) is 1.12. The number of halogens is 1. The molecule has 1 aromatic carbocycles. The molecule has 0 bridgehead atoms. The number of nitrogens with two attached hydrogens (primary N) is 1. The van der Waals surface area contributed by atoms with Gasteiger partial charge in [0.2, 0.25) is 0 Å². The molecule has 15 heavy (non-hydrogen) atoms. The molecule has 0 spiro atoms. The van der Waals surface area contributed by atoms with Gasteiger partial charge in [0, 0.05) is 0 Å². The summed E-state index contributed by atoms with van der Waals surface area (Å²) in [7, 11) is 0. The van der Waals surface area contributed by atoms with Gasteiger partial charge in [-0.05, 0) is 23.8 Å². The van der Waals surface area contributed by atoms with Gasteiger partial charge < -0.3 is 15.9 Å². The van der Waals surface area contributed by atoms with E-state index < -0.39 is 23.8 Å². The monoisotopic (exact) mass is 213 g/mol. The summed E-state index contributed by atoms with van der Waals surface area (Å²) < 4.78 is 12.8. The summed E-state index contributed by atoms with van der Waals surface area (Å²) in [6.45, 7) is 0. The number of aliphatic carboxylic acids is 1. The van der Waals surface area contributed by atoms with E-state index in [4.69, 9.17) is 15.9 Å². The summed E-state index contributed by atoms with van der Waals surface area (Å²) in [6.07, 6.45) is 0. The van der Waals surface area contributed by atoms with E-state index in [0.29, 0.717) is 0 Å². The van der Waals surface area contributed by atoms with Crippen LogP contribution < -0.4 is 5.73 Å². The molecule has 0 aliphatic rings. The third-order valence-corrected chi connectivity index (χ3v) is 1.85. The Morgan fingerprint density at radius 3 is 2.40 bits per heavy atom. The maximum absolute atomic E-state index is 12.8. The van der Waals surface area contributed by atoms with Crippen molar-refractivity contribution in [3.63, 3.8) is 0 Å². The number of hydrogen-bond acceptors (Lipinski definition) is 3. The molecular weight excluding hydrogens is 205 g/mol. The predicted octanol–water partition coefficient (Wildman–Crippen LogP) is 0.608. The molecule has 0 aromatic heterocycles. The van der Waals surface area contributed by atoms with Crippen LogP contribution in [0.3, 0.4) is 0 Å². The van der Waals surface area contributed by atoms with E-state index in [0.717, 1.165) is 18.2 Å². The van der Waals surface area contributed by atoms with Crippen LogP contribution in [-0.2, 0) is 4.79 Å². The van der Waals surface area contributed by atoms with Crippen molar-refractivity contribution in [3.8, 4) is 0 Å². The van der Waals surface area contributed by atoms with E-state index in [2.05, 4.69) is 0 Å². The topological polar surface area (TPSA) is 101 Å². The lowest BCUT2D eigenvalue weighted by molar-refractivity contribution is -0.138. The maximum atomic E-state index is 12.8. The van der Waals surface area contributed by atoms with Gasteiger partial charge in [0.15, 0.2) is 0 Å². The lowest BCUT2D eigenvalue weighted by Crippen LogP contribution is -2.23. The molecule has 5 nitrogen and oxygen atoms in total. The summed E-state index contributed by atoms with van der Waals surface area (Å²) in [4.78, 5) is 21.2. The van der Waals surface area contributed by atoms with E-state index in [9.17, 15) is 14.0 Å². The fraction of sp³-hybridized carbons (Fsp3) is 0.111. The van der Waals surface area contributed by atoms with Gasteiger partial charge in [0.25, 0.3) is 0 Å². The van der Waals surface area contributed by atoms with Crippen molar-refractivity contribution in [1.82, 2.24) is 0 Å². The molecule has 0 aliphatic carbocycles. The Morgan fingerprint density at radius 2 is 1.93 bits per heavy atom. The van der Waals surface area contributed by atoms with Gasteiger partial charge in [-0.1, -0.05) is 0 Å². The van der Waals surface area contributed by atoms with Crippen LogP contribution in [0.15, 0.2) is 18.2 Å². The van der Waals surface area contributed by atoms with Gasteiger partial charge in [-0.2, -0.15) is 0 Å².